The first-order valence-corrected chi connectivity index (χ1v) is 14.6. The highest BCUT2D eigenvalue weighted by Gasteiger charge is 2.26. The van der Waals surface area contributed by atoms with Crippen LogP contribution >= 0.6 is 34.0 Å². The lowest BCUT2D eigenvalue weighted by Crippen LogP contribution is -2.06. The van der Waals surface area contributed by atoms with Crippen LogP contribution in [0.5, 0.6) is 0 Å². The third kappa shape index (κ3) is 3.76. The SMILES string of the molecule is CCCn1c(-c2c(C)c3sc(/C(N)=C(\C#N)c4cccs4)cc3n2CCC)c(C)c2sc(C)cc21. The Bertz CT molecular complexity index is 1610. The van der Waals surface area contributed by atoms with Gasteiger partial charge in [0.05, 0.1) is 48.0 Å². The first-order chi connectivity index (χ1) is 16.9. The molecule has 0 saturated carbocycles. The van der Waals surface area contributed by atoms with Crippen molar-refractivity contribution in [3.05, 3.63) is 55.4 Å². The molecule has 4 nitrogen and oxygen atoms in total. The average molecular weight is 519 g/mol. The van der Waals surface area contributed by atoms with Crippen LogP contribution in [0.3, 0.4) is 0 Å². The van der Waals surface area contributed by atoms with E-state index < -0.39 is 0 Å². The molecule has 0 unspecified atom stereocenters. The van der Waals surface area contributed by atoms with Gasteiger partial charge in [-0.05, 0) is 68.3 Å². The van der Waals surface area contributed by atoms with Gasteiger partial charge in [-0.3, -0.25) is 0 Å². The van der Waals surface area contributed by atoms with Crippen molar-refractivity contribution in [1.29, 1.82) is 5.26 Å². The molecule has 0 aliphatic carbocycles. The van der Waals surface area contributed by atoms with Crippen LogP contribution in [0, 0.1) is 32.1 Å². The van der Waals surface area contributed by atoms with E-state index in [1.54, 1.807) is 22.7 Å². The number of nitriles is 1. The summed E-state index contributed by atoms with van der Waals surface area (Å²) in [6, 6.07) is 10.8. The van der Waals surface area contributed by atoms with Crippen LogP contribution < -0.4 is 5.73 Å². The zero-order chi connectivity index (χ0) is 24.9. The molecule has 0 amide bonds. The number of hydrogen-bond acceptors (Lipinski definition) is 5. The summed E-state index contributed by atoms with van der Waals surface area (Å²) in [5.41, 5.74) is 15.7. The summed E-state index contributed by atoms with van der Waals surface area (Å²) in [4.78, 5) is 3.25. The molecule has 0 aliphatic rings. The number of nitrogens with zero attached hydrogens (tertiary/aromatic N) is 3. The first-order valence-electron chi connectivity index (χ1n) is 12.1. The predicted octanol–water partition coefficient (Wildman–Crippen LogP) is 8.54. The highest BCUT2D eigenvalue weighted by molar-refractivity contribution is 7.20. The maximum atomic E-state index is 9.84. The Morgan fingerprint density at radius 1 is 0.914 bits per heavy atom. The van der Waals surface area contributed by atoms with Gasteiger partial charge in [-0.1, -0.05) is 19.9 Å². The van der Waals surface area contributed by atoms with E-state index in [-0.39, 0.29) is 0 Å². The van der Waals surface area contributed by atoms with Gasteiger partial charge in [0.25, 0.3) is 0 Å². The van der Waals surface area contributed by atoms with E-state index in [0.717, 1.165) is 35.7 Å². The summed E-state index contributed by atoms with van der Waals surface area (Å²) in [6.07, 6.45) is 2.14. The van der Waals surface area contributed by atoms with Gasteiger partial charge in [0.1, 0.15) is 6.07 Å². The molecule has 0 saturated heterocycles. The molecule has 0 radical (unpaired) electrons. The molecule has 5 rings (SSSR count). The number of thiophene rings is 3. The number of rotatable bonds is 7. The normalized spacial score (nSPS) is 12.6. The fourth-order valence-electron chi connectivity index (χ4n) is 5.13. The second-order valence-corrected chi connectivity index (χ2v) is 12.3. The van der Waals surface area contributed by atoms with E-state index in [0.29, 0.717) is 11.3 Å². The zero-order valence-corrected chi connectivity index (χ0v) is 23.3. The number of aromatic nitrogens is 2. The molecule has 0 aromatic carbocycles. The van der Waals surface area contributed by atoms with Crippen molar-refractivity contribution >= 4 is 65.7 Å². The highest BCUT2D eigenvalue weighted by atomic mass is 32.1. The van der Waals surface area contributed by atoms with Crippen molar-refractivity contribution in [2.75, 3.05) is 0 Å². The second-order valence-electron chi connectivity index (χ2n) is 9.02. The smallest absolute Gasteiger partial charge is 0.103 e. The van der Waals surface area contributed by atoms with Gasteiger partial charge in [0.2, 0.25) is 0 Å². The lowest BCUT2D eigenvalue weighted by molar-refractivity contribution is 0.681. The fourth-order valence-corrected chi connectivity index (χ4v) is 8.01. The summed E-state index contributed by atoms with van der Waals surface area (Å²) in [5.74, 6) is 0. The Balaban J connectivity index is 1.76. The lowest BCUT2D eigenvalue weighted by Gasteiger charge is -2.16. The molecule has 35 heavy (non-hydrogen) atoms. The van der Waals surface area contributed by atoms with E-state index in [1.807, 2.05) is 28.8 Å². The molecule has 0 spiro atoms. The summed E-state index contributed by atoms with van der Waals surface area (Å²) in [5, 5.41) is 11.8. The molecule has 5 heterocycles. The molecular weight excluding hydrogens is 489 g/mol. The Hall–Kier alpha value is -2.79. The zero-order valence-electron chi connectivity index (χ0n) is 20.9. The largest absolute Gasteiger partial charge is 0.396 e. The van der Waals surface area contributed by atoms with Crippen molar-refractivity contribution in [2.45, 2.75) is 60.5 Å². The van der Waals surface area contributed by atoms with Gasteiger partial charge < -0.3 is 14.9 Å². The first kappa shape index (κ1) is 23.9. The van der Waals surface area contributed by atoms with Crippen LogP contribution in [0.25, 0.3) is 43.1 Å². The van der Waals surface area contributed by atoms with E-state index in [1.165, 1.54) is 47.8 Å². The predicted molar refractivity (Wildman–Crippen MR) is 154 cm³/mol. The van der Waals surface area contributed by atoms with Gasteiger partial charge in [-0.15, -0.1) is 34.0 Å². The van der Waals surface area contributed by atoms with Crippen molar-refractivity contribution < 1.29 is 0 Å². The van der Waals surface area contributed by atoms with Crippen molar-refractivity contribution in [3.63, 3.8) is 0 Å². The van der Waals surface area contributed by atoms with Crippen LogP contribution in [-0.4, -0.2) is 9.13 Å². The van der Waals surface area contributed by atoms with E-state index in [9.17, 15) is 5.26 Å². The molecule has 180 valence electrons. The van der Waals surface area contributed by atoms with Gasteiger partial charge >= 0.3 is 0 Å². The Morgan fingerprint density at radius 2 is 1.51 bits per heavy atom. The second kappa shape index (κ2) is 9.34. The monoisotopic (exact) mass is 518 g/mol. The van der Waals surface area contributed by atoms with Gasteiger partial charge in [0.15, 0.2) is 0 Å². The summed E-state index contributed by atoms with van der Waals surface area (Å²) in [7, 11) is 0. The van der Waals surface area contributed by atoms with E-state index in [2.05, 4.69) is 62.0 Å². The van der Waals surface area contributed by atoms with Crippen molar-refractivity contribution in [2.24, 2.45) is 5.73 Å². The molecule has 0 atom stereocenters. The molecular formula is C28H30N4S3. The van der Waals surface area contributed by atoms with Crippen molar-refractivity contribution in [1.82, 2.24) is 9.13 Å². The lowest BCUT2D eigenvalue weighted by atomic mass is 10.1. The Kier molecular flexibility index (Phi) is 6.39. The van der Waals surface area contributed by atoms with Crippen LogP contribution in [0.2, 0.25) is 0 Å². The van der Waals surface area contributed by atoms with Crippen molar-refractivity contribution in [3.8, 4) is 17.5 Å². The molecule has 0 aliphatic heterocycles. The molecule has 5 aromatic heterocycles. The maximum Gasteiger partial charge on any atom is 0.103 e. The summed E-state index contributed by atoms with van der Waals surface area (Å²) < 4.78 is 7.69. The van der Waals surface area contributed by atoms with Crippen LogP contribution in [0.15, 0.2) is 29.6 Å². The maximum absolute atomic E-state index is 9.84. The standard InChI is InChI=1S/C28H30N4S3/c1-6-10-31-20-13-16(3)34-27(20)17(4)25(31)26-18(5)28-21(32(26)11-7-2)14-23(35-28)24(30)19(15-29)22-9-8-12-33-22/h8-9,12-14H,6-7,10-11,30H2,1-5H3/b24-19-. The van der Waals surface area contributed by atoms with Gasteiger partial charge in [0, 0.05) is 22.8 Å². The average Bonchev–Trinajstić information content (AvgIpc) is 3.64. The molecule has 7 heteroatoms. The topological polar surface area (TPSA) is 59.7 Å². The Labute approximate surface area is 218 Å². The van der Waals surface area contributed by atoms with Crippen LogP contribution in [-0.2, 0) is 13.1 Å². The number of hydrogen-bond donors (Lipinski definition) is 1. The number of fused-ring (bicyclic) bond motifs is 2. The van der Waals surface area contributed by atoms with E-state index >= 15 is 0 Å². The van der Waals surface area contributed by atoms with Crippen LogP contribution in [0.4, 0.5) is 0 Å². The number of aryl methyl sites for hydroxylation is 5. The van der Waals surface area contributed by atoms with E-state index in [4.69, 9.17) is 5.73 Å². The fraction of sp³-hybridized carbons (Fsp3) is 0.321. The minimum atomic E-state index is 0.562. The minimum absolute atomic E-state index is 0.562. The Morgan fingerprint density at radius 3 is 2.06 bits per heavy atom. The summed E-state index contributed by atoms with van der Waals surface area (Å²) in [6.45, 7) is 13.2. The molecule has 0 fully saturated rings. The molecule has 0 bridgehead atoms. The molecule has 5 aromatic rings. The minimum Gasteiger partial charge on any atom is -0.396 e. The van der Waals surface area contributed by atoms with Crippen LogP contribution in [0.1, 0.15) is 52.4 Å². The highest BCUT2D eigenvalue weighted by Crippen LogP contribution is 2.45. The number of nitrogens with two attached hydrogens (primary N) is 1. The quantitative estimate of drug-likeness (QED) is 0.219. The van der Waals surface area contributed by atoms with Gasteiger partial charge in [-0.2, -0.15) is 5.26 Å². The summed E-state index contributed by atoms with van der Waals surface area (Å²) >= 11 is 5.16. The third-order valence-electron chi connectivity index (χ3n) is 6.59. The molecule has 2 N–H and O–H groups in total. The number of allylic oxidation sites excluding steroid dienone is 1. The third-order valence-corrected chi connectivity index (χ3v) is 9.92. The van der Waals surface area contributed by atoms with Gasteiger partial charge in [-0.25, -0.2) is 0 Å².